The highest BCUT2D eigenvalue weighted by Crippen LogP contribution is 2.33. The van der Waals surface area contributed by atoms with Crippen LogP contribution in [0.1, 0.15) is 43.0 Å². The van der Waals surface area contributed by atoms with Crippen molar-refractivity contribution in [2.24, 2.45) is 0 Å². The minimum Gasteiger partial charge on any atom is -0.459 e. The molecule has 2 aromatic rings. The van der Waals surface area contributed by atoms with Gasteiger partial charge in [-0.25, -0.2) is 4.39 Å². The van der Waals surface area contributed by atoms with Gasteiger partial charge < -0.3 is 9.73 Å². The molecule has 0 radical (unpaired) electrons. The Morgan fingerprint density at radius 1 is 1.28 bits per heavy atom. The van der Waals surface area contributed by atoms with Gasteiger partial charge in [0, 0.05) is 10.9 Å². The van der Waals surface area contributed by atoms with Crippen LogP contribution in [0.4, 0.5) is 4.39 Å². The number of nitrogens with one attached hydrogen (secondary N) is 1. The fourth-order valence-corrected chi connectivity index (χ4v) is 2.80. The van der Waals surface area contributed by atoms with E-state index in [-0.39, 0.29) is 11.9 Å². The van der Waals surface area contributed by atoms with Crippen molar-refractivity contribution in [1.82, 2.24) is 5.32 Å². The summed E-state index contributed by atoms with van der Waals surface area (Å²) >= 11 is 0. The molecule has 3 rings (SSSR count). The SMILES string of the molecule is Cc1c(C2CCCCCN2)oc2ccc(F)cc12. The zero-order valence-corrected chi connectivity index (χ0v) is 10.6. The maximum absolute atomic E-state index is 13.3. The van der Waals surface area contributed by atoms with Crippen molar-refractivity contribution in [2.45, 2.75) is 38.6 Å². The highest BCUT2D eigenvalue weighted by Gasteiger charge is 2.21. The fourth-order valence-electron chi connectivity index (χ4n) is 2.80. The molecule has 1 atom stereocenters. The highest BCUT2D eigenvalue weighted by atomic mass is 19.1. The van der Waals surface area contributed by atoms with Crippen LogP contribution in [-0.4, -0.2) is 6.54 Å². The molecular weight excluding hydrogens is 229 g/mol. The lowest BCUT2D eigenvalue weighted by molar-refractivity contribution is 0.423. The van der Waals surface area contributed by atoms with Gasteiger partial charge >= 0.3 is 0 Å². The van der Waals surface area contributed by atoms with Gasteiger partial charge in [-0.15, -0.1) is 0 Å². The lowest BCUT2D eigenvalue weighted by atomic mass is 10.0. The zero-order chi connectivity index (χ0) is 12.5. The Labute approximate surface area is 106 Å². The largest absolute Gasteiger partial charge is 0.459 e. The average molecular weight is 247 g/mol. The van der Waals surface area contributed by atoms with E-state index >= 15 is 0 Å². The zero-order valence-electron chi connectivity index (χ0n) is 10.6. The van der Waals surface area contributed by atoms with Gasteiger partial charge in [-0.05, 0) is 44.5 Å². The molecule has 1 aromatic heterocycles. The van der Waals surface area contributed by atoms with Crippen molar-refractivity contribution < 1.29 is 8.81 Å². The fraction of sp³-hybridized carbons (Fsp3) is 0.467. The quantitative estimate of drug-likeness (QED) is 0.821. The molecule has 1 aromatic carbocycles. The summed E-state index contributed by atoms with van der Waals surface area (Å²) < 4.78 is 19.2. The third-order valence-corrected chi connectivity index (χ3v) is 3.81. The Kier molecular flexibility index (Phi) is 3.08. The van der Waals surface area contributed by atoms with Crippen molar-refractivity contribution in [2.75, 3.05) is 6.54 Å². The average Bonchev–Trinajstić information content (AvgIpc) is 2.59. The monoisotopic (exact) mass is 247 g/mol. The molecule has 2 heterocycles. The van der Waals surface area contributed by atoms with E-state index in [1.54, 1.807) is 12.1 Å². The van der Waals surface area contributed by atoms with Gasteiger partial charge in [0.2, 0.25) is 0 Å². The van der Waals surface area contributed by atoms with Crippen LogP contribution in [0.5, 0.6) is 0 Å². The summed E-state index contributed by atoms with van der Waals surface area (Å²) in [4.78, 5) is 0. The van der Waals surface area contributed by atoms with E-state index in [2.05, 4.69) is 5.32 Å². The standard InChI is InChI=1S/C15H18FNO/c1-10-12-9-11(16)6-7-14(12)18-15(10)13-5-3-2-4-8-17-13/h6-7,9,13,17H,2-5,8H2,1H3. The maximum atomic E-state index is 13.3. The van der Waals surface area contributed by atoms with Crippen LogP contribution in [-0.2, 0) is 0 Å². The van der Waals surface area contributed by atoms with E-state index in [1.807, 2.05) is 6.92 Å². The number of hydrogen-bond acceptors (Lipinski definition) is 2. The molecular formula is C15H18FNO. The summed E-state index contributed by atoms with van der Waals surface area (Å²) in [6, 6.07) is 5.02. The molecule has 0 amide bonds. The van der Waals surface area contributed by atoms with Gasteiger partial charge in [0.1, 0.15) is 17.2 Å². The first-order valence-electron chi connectivity index (χ1n) is 6.67. The lowest BCUT2D eigenvalue weighted by Gasteiger charge is -2.13. The number of furan rings is 1. The molecule has 0 spiro atoms. The summed E-state index contributed by atoms with van der Waals surface area (Å²) in [5, 5.41) is 4.43. The minimum atomic E-state index is -0.202. The molecule has 1 unspecified atom stereocenters. The van der Waals surface area contributed by atoms with Crippen LogP contribution >= 0.6 is 0 Å². The van der Waals surface area contributed by atoms with Crippen LogP contribution in [0.25, 0.3) is 11.0 Å². The summed E-state index contributed by atoms with van der Waals surface area (Å²) in [7, 11) is 0. The van der Waals surface area contributed by atoms with Crippen molar-refractivity contribution >= 4 is 11.0 Å². The first-order chi connectivity index (χ1) is 8.75. The lowest BCUT2D eigenvalue weighted by Crippen LogP contribution is -2.20. The molecule has 0 bridgehead atoms. The third-order valence-electron chi connectivity index (χ3n) is 3.81. The first-order valence-corrected chi connectivity index (χ1v) is 6.67. The number of hydrogen-bond donors (Lipinski definition) is 1. The Morgan fingerprint density at radius 2 is 2.17 bits per heavy atom. The second-order valence-electron chi connectivity index (χ2n) is 5.09. The predicted octanol–water partition coefficient (Wildman–Crippen LogP) is 4.09. The Bertz CT molecular complexity index is 553. The first kappa shape index (κ1) is 11.7. The van der Waals surface area contributed by atoms with E-state index in [4.69, 9.17) is 4.42 Å². The topological polar surface area (TPSA) is 25.2 Å². The molecule has 1 saturated heterocycles. The molecule has 1 fully saturated rings. The van der Waals surface area contributed by atoms with E-state index in [0.29, 0.717) is 0 Å². The van der Waals surface area contributed by atoms with Gasteiger partial charge in [-0.3, -0.25) is 0 Å². The Balaban J connectivity index is 2.03. The Morgan fingerprint density at radius 3 is 3.06 bits per heavy atom. The van der Waals surface area contributed by atoms with Crippen LogP contribution in [0.15, 0.2) is 22.6 Å². The molecule has 1 aliphatic heterocycles. The van der Waals surface area contributed by atoms with E-state index in [9.17, 15) is 4.39 Å². The summed E-state index contributed by atoms with van der Waals surface area (Å²) in [6.45, 7) is 3.06. The normalized spacial score (nSPS) is 21.1. The van der Waals surface area contributed by atoms with Gasteiger partial charge in [0.15, 0.2) is 0 Å². The summed E-state index contributed by atoms with van der Waals surface area (Å²) in [6.07, 6.45) is 4.83. The van der Waals surface area contributed by atoms with Crippen molar-refractivity contribution in [1.29, 1.82) is 0 Å². The van der Waals surface area contributed by atoms with Gasteiger partial charge in [-0.1, -0.05) is 12.8 Å². The highest BCUT2D eigenvalue weighted by molar-refractivity contribution is 5.82. The number of aryl methyl sites for hydroxylation is 1. The molecule has 96 valence electrons. The third kappa shape index (κ3) is 2.03. The van der Waals surface area contributed by atoms with Crippen molar-refractivity contribution in [3.8, 4) is 0 Å². The van der Waals surface area contributed by atoms with Gasteiger partial charge in [-0.2, -0.15) is 0 Å². The van der Waals surface area contributed by atoms with Crippen LogP contribution in [0.3, 0.4) is 0 Å². The molecule has 3 heteroatoms. The molecule has 0 aliphatic carbocycles. The molecule has 2 nitrogen and oxygen atoms in total. The summed E-state index contributed by atoms with van der Waals surface area (Å²) in [5.74, 6) is 0.782. The van der Waals surface area contributed by atoms with E-state index in [1.165, 1.54) is 25.3 Å². The number of rotatable bonds is 1. The second-order valence-corrected chi connectivity index (χ2v) is 5.09. The summed E-state index contributed by atoms with van der Waals surface area (Å²) in [5.41, 5.74) is 1.86. The number of halogens is 1. The molecule has 18 heavy (non-hydrogen) atoms. The van der Waals surface area contributed by atoms with Gasteiger partial charge in [0.05, 0.1) is 6.04 Å². The number of benzene rings is 1. The van der Waals surface area contributed by atoms with Crippen molar-refractivity contribution in [3.63, 3.8) is 0 Å². The molecule has 1 N–H and O–H groups in total. The number of fused-ring (bicyclic) bond motifs is 1. The smallest absolute Gasteiger partial charge is 0.134 e. The van der Waals surface area contributed by atoms with E-state index in [0.717, 1.165) is 35.3 Å². The van der Waals surface area contributed by atoms with E-state index < -0.39 is 0 Å². The van der Waals surface area contributed by atoms with Crippen LogP contribution < -0.4 is 5.32 Å². The van der Waals surface area contributed by atoms with Crippen LogP contribution in [0, 0.1) is 12.7 Å². The van der Waals surface area contributed by atoms with Gasteiger partial charge in [0.25, 0.3) is 0 Å². The predicted molar refractivity (Wildman–Crippen MR) is 70.1 cm³/mol. The molecule has 0 saturated carbocycles. The van der Waals surface area contributed by atoms with Crippen molar-refractivity contribution in [3.05, 3.63) is 35.3 Å². The van der Waals surface area contributed by atoms with Crippen LogP contribution in [0.2, 0.25) is 0 Å². The maximum Gasteiger partial charge on any atom is 0.134 e. The molecule has 1 aliphatic rings. The second kappa shape index (κ2) is 4.73. The Hall–Kier alpha value is -1.35. The minimum absolute atomic E-state index is 0.202.